The monoisotopic (exact) mass is 220 g/mol. The Morgan fingerprint density at radius 3 is 2.50 bits per heavy atom. The quantitative estimate of drug-likeness (QED) is 0.834. The molecule has 4 nitrogen and oxygen atoms in total. The van der Waals surface area contributed by atoms with Crippen molar-refractivity contribution in [3.05, 3.63) is 23.3 Å². The molecule has 0 radical (unpaired) electrons. The fourth-order valence-electron chi connectivity index (χ4n) is 1.59. The second kappa shape index (κ2) is 5.38. The first-order valence-corrected chi connectivity index (χ1v) is 5.03. The summed E-state index contributed by atoms with van der Waals surface area (Å²) in [5.41, 5.74) is 7.17. The van der Waals surface area contributed by atoms with Crippen molar-refractivity contribution >= 4 is 0 Å². The lowest BCUT2D eigenvalue weighted by Gasteiger charge is -2.12. The largest absolute Gasteiger partial charge is 0.493 e. The Labute approximate surface area is 95.6 Å². The minimum absolute atomic E-state index is 0.0460. The molecule has 0 spiro atoms. The lowest BCUT2D eigenvalue weighted by atomic mass is 10.0. The van der Waals surface area contributed by atoms with E-state index in [1.165, 1.54) is 7.11 Å². The van der Waals surface area contributed by atoms with Crippen LogP contribution in [0, 0.1) is 11.3 Å². The highest BCUT2D eigenvalue weighted by atomic mass is 16.5. The average Bonchev–Trinajstić information content (AvgIpc) is 2.26. The molecule has 0 heterocycles. The van der Waals surface area contributed by atoms with Gasteiger partial charge in [0.1, 0.15) is 6.07 Å². The highest BCUT2D eigenvalue weighted by molar-refractivity contribution is 5.54. The van der Waals surface area contributed by atoms with Gasteiger partial charge >= 0.3 is 0 Å². The molecule has 0 bridgehead atoms. The van der Waals surface area contributed by atoms with E-state index < -0.39 is 0 Å². The molecule has 2 N–H and O–H groups in total. The van der Waals surface area contributed by atoms with Crippen LogP contribution in [-0.4, -0.2) is 20.3 Å². The second-order valence-electron chi connectivity index (χ2n) is 3.67. The van der Waals surface area contributed by atoms with Crippen LogP contribution in [0.5, 0.6) is 11.5 Å². The van der Waals surface area contributed by atoms with Crippen LogP contribution in [-0.2, 0) is 6.42 Å². The SMILES string of the molecule is COc1cc(CC(C)N)cc(C#N)c1OC. The summed E-state index contributed by atoms with van der Waals surface area (Å²) < 4.78 is 10.3. The molecule has 1 rings (SSSR count). The van der Waals surface area contributed by atoms with Crippen molar-refractivity contribution in [2.45, 2.75) is 19.4 Å². The normalized spacial score (nSPS) is 11.7. The molecule has 1 aromatic rings. The molecular weight excluding hydrogens is 204 g/mol. The van der Waals surface area contributed by atoms with Gasteiger partial charge in [-0.25, -0.2) is 0 Å². The van der Waals surface area contributed by atoms with Crippen molar-refractivity contribution < 1.29 is 9.47 Å². The van der Waals surface area contributed by atoms with Crippen molar-refractivity contribution in [2.75, 3.05) is 14.2 Å². The Kier molecular flexibility index (Phi) is 4.15. The number of methoxy groups -OCH3 is 2. The fourth-order valence-corrected chi connectivity index (χ4v) is 1.59. The number of nitrogens with two attached hydrogens (primary N) is 1. The molecule has 1 unspecified atom stereocenters. The van der Waals surface area contributed by atoms with Gasteiger partial charge in [-0.3, -0.25) is 0 Å². The van der Waals surface area contributed by atoms with E-state index in [1.54, 1.807) is 13.2 Å². The third-order valence-corrected chi connectivity index (χ3v) is 2.22. The Morgan fingerprint density at radius 2 is 2.06 bits per heavy atom. The van der Waals surface area contributed by atoms with E-state index in [2.05, 4.69) is 6.07 Å². The maximum atomic E-state index is 9.01. The molecule has 0 aliphatic heterocycles. The zero-order valence-electron chi connectivity index (χ0n) is 9.78. The predicted molar refractivity (Wildman–Crippen MR) is 61.6 cm³/mol. The molecule has 1 aromatic carbocycles. The molecule has 4 heteroatoms. The van der Waals surface area contributed by atoms with E-state index in [4.69, 9.17) is 20.5 Å². The van der Waals surface area contributed by atoms with Crippen LogP contribution < -0.4 is 15.2 Å². The summed E-state index contributed by atoms with van der Waals surface area (Å²) in [6, 6.07) is 5.77. The van der Waals surface area contributed by atoms with Gasteiger partial charge in [-0.15, -0.1) is 0 Å². The van der Waals surface area contributed by atoms with E-state index in [9.17, 15) is 0 Å². The summed E-state index contributed by atoms with van der Waals surface area (Å²) >= 11 is 0. The number of nitriles is 1. The average molecular weight is 220 g/mol. The molecule has 16 heavy (non-hydrogen) atoms. The lowest BCUT2D eigenvalue weighted by molar-refractivity contribution is 0.353. The van der Waals surface area contributed by atoms with Crippen LogP contribution in [0.3, 0.4) is 0 Å². The number of ether oxygens (including phenoxy) is 2. The molecule has 0 fully saturated rings. The maximum absolute atomic E-state index is 9.01. The third kappa shape index (κ3) is 2.65. The number of hydrogen-bond donors (Lipinski definition) is 1. The van der Waals surface area contributed by atoms with Gasteiger partial charge in [-0.1, -0.05) is 0 Å². The van der Waals surface area contributed by atoms with E-state index in [0.29, 0.717) is 23.5 Å². The summed E-state index contributed by atoms with van der Waals surface area (Å²) in [7, 11) is 3.07. The minimum Gasteiger partial charge on any atom is -0.493 e. The van der Waals surface area contributed by atoms with Gasteiger partial charge in [0.2, 0.25) is 0 Å². The lowest BCUT2D eigenvalue weighted by Crippen LogP contribution is -2.17. The maximum Gasteiger partial charge on any atom is 0.178 e. The van der Waals surface area contributed by atoms with Crippen molar-refractivity contribution in [1.29, 1.82) is 5.26 Å². The Hall–Kier alpha value is -1.73. The molecule has 86 valence electrons. The van der Waals surface area contributed by atoms with Crippen LogP contribution in [0.2, 0.25) is 0 Å². The van der Waals surface area contributed by atoms with Crippen molar-refractivity contribution in [2.24, 2.45) is 5.73 Å². The number of benzene rings is 1. The highest BCUT2D eigenvalue weighted by Crippen LogP contribution is 2.32. The summed E-state index contributed by atoms with van der Waals surface area (Å²) in [6.45, 7) is 1.92. The topological polar surface area (TPSA) is 68.3 Å². The molecule has 0 saturated heterocycles. The van der Waals surface area contributed by atoms with E-state index in [1.807, 2.05) is 13.0 Å². The zero-order valence-corrected chi connectivity index (χ0v) is 9.78. The van der Waals surface area contributed by atoms with Crippen LogP contribution >= 0.6 is 0 Å². The Balaban J connectivity index is 3.22. The Bertz CT molecular complexity index is 408. The molecule has 0 amide bonds. The predicted octanol–water partition coefficient (Wildman–Crippen LogP) is 1.47. The van der Waals surface area contributed by atoms with Crippen LogP contribution in [0.1, 0.15) is 18.1 Å². The molecule has 0 aliphatic rings. The van der Waals surface area contributed by atoms with Gasteiger partial charge in [-0.05, 0) is 31.0 Å². The van der Waals surface area contributed by atoms with Crippen molar-refractivity contribution in [3.8, 4) is 17.6 Å². The second-order valence-corrected chi connectivity index (χ2v) is 3.67. The van der Waals surface area contributed by atoms with E-state index in [0.717, 1.165) is 5.56 Å². The summed E-state index contributed by atoms with van der Waals surface area (Å²) in [5.74, 6) is 1.04. The smallest absolute Gasteiger partial charge is 0.178 e. The van der Waals surface area contributed by atoms with Gasteiger partial charge in [0.05, 0.1) is 19.8 Å². The van der Waals surface area contributed by atoms with E-state index >= 15 is 0 Å². The standard InChI is InChI=1S/C12H16N2O2/c1-8(14)4-9-5-10(7-13)12(16-3)11(6-9)15-2/h5-6,8H,4,14H2,1-3H3. The van der Waals surface area contributed by atoms with E-state index in [-0.39, 0.29) is 6.04 Å². The molecule has 0 saturated carbocycles. The number of hydrogen-bond acceptors (Lipinski definition) is 4. The van der Waals surface area contributed by atoms with Gasteiger partial charge in [0.25, 0.3) is 0 Å². The number of rotatable bonds is 4. The van der Waals surface area contributed by atoms with Gasteiger partial charge in [-0.2, -0.15) is 5.26 Å². The van der Waals surface area contributed by atoms with Gasteiger partial charge in [0.15, 0.2) is 11.5 Å². The van der Waals surface area contributed by atoms with Crippen LogP contribution in [0.4, 0.5) is 0 Å². The molecule has 1 atom stereocenters. The fraction of sp³-hybridized carbons (Fsp3) is 0.417. The first-order chi connectivity index (χ1) is 7.62. The summed E-state index contributed by atoms with van der Waals surface area (Å²) in [5, 5.41) is 9.01. The minimum atomic E-state index is 0.0460. The first-order valence-electron chi connectivity index (χ1n) is 5.03. The molecular formula is C12H16N2O2. The Morgan fingerprint density at radius 1 is 1.38 bits per heavy atom. The van der Waals surface area contributed by atoms with Crippen LogP contribution in [0.15, 0.2) is 12.1 Å². The van der Waals surface area contributed by atoms with Crippen molar-refractivity contribution in [1.82, 2.24) is 0 Å². The molecule has 0 aliphatic carbocycles. The summed E-state index contributed by atoms with van der Waals surface area (Å²) in [6.07, 6.45) is 0.703. The molecule has 0 aromatic heterocycles. The van der Waals surface area contributed by atoms with Gasteiger partial charge < -0.3 is 15.2 Å². The number of nitrogens with zero attached hydrogens (tertiary/aromatic N) is 1. The van der Waals surface area contributed by atoms with Crippen molar-refractivity contribution in [3.63, 3.8) is 0 Å². The zero-order chi connectivity index (χ0) is 12.1. The highest BCUT2D eigenvalue weighted by Gasteiger charge is 2.12. The summed E-state index contributed by atoms with van der Waals surface area (Å²) in [4.78, 5) is 0. The third-order valence-electron chi connectivity index (χ3n) is 2.22. The van der Waals surface area contributed by atoms with Gasteiger partial charge in [0, 0.05) is 6.04 Å². The van der Waals surface area contributed by atoms with Crippen LogP contribution in [0.25, 0.3) is 0 Å². The first kappa shape index (κ1) is 12.3.